The zero-order valence-electron chi connectivity index (χ0n) is 18.5. The number of alkyl halides is 1. The van der Waals surface area contributed by atoms with Gasteiger partial charge in [-0.1, -0.05) is 30.7 Å². The molecule has 0 radical (unpaired) electrons. The summed E-state index contributed by atoms with van der Waals surface area (Å²) in [6.07, 6.45) is 5.30. The van der Waals surface area contributed by atoms with E-state index in [9.17, 15) is 0 Å². The SMILES string of the molecule is COc1ccc2c(c1)CC[C@@H]1[C@@H]2CC[C@]2(C)[C@@H](Nc3ccc(C)cc3)C[C@@H](F)C[C@@H]12. The highest BCUT2D eigenvalue weighted by molar-refractivity contribution is 5.46. The van der Waals surface area contributed by atoms with Crippen LogP contribution in [0.2, 0.25) is 0 Å². The van der Waals surface area contributed by atoms with Gasteiger partial charge in [-0.2, -0.15) is 0 Å². The van der Waals surface area contributed by atoms with E-state index in [2.05, 4.69) is 61.6 Å². The predicted molar refractivity (Wildman–Crippen MR) is 121 cm³/mol. The Labute approximate surface area is 180 Å². The van der Waals surface area contributed by atoms with Gasteiger partial charge < -0.3 is 10.1 Å². The first kappa shape index (κ1) is 19.9. The summed E-state index contributed by atoms with van der Waals surface area (Å²) in [6, 6.07) is 15.4. The average Bonchev–Trinajstić information content (AvgIpc) is 2.75. The Balaban J connectivity index is 1.43. The molecule has 0 amide bonds. The Hall–Kier alpha value is -2.03. The number of benzene rings is 2. The minimum Gasteiger partial charge on any atom is -0.497 e. The van der Waals surface area contributed by atoms with Gasteiger partial charge in [0.15, 0.2) is 0 Å². The van der Waals surface area contributed by atoms with Crippen LogP contribution in [0, 0.1) is 24.2 Å². The van der Waals surface area contributed by atoms with Crippen LogP contribution in [-0.2, 0) is 6.42 Å². The molecule has 5 rings (SSSR count). The molecule has 160 valence electrons. The fourth-order valence-electron chi connectivity index (χ4n) is 6.88. The van der Waals surface area contributed by atoms with Gasteiger partial charge in [0.05, 0.1) is 7.11 Å². The van der Waals surface area contributed by atoms with E-state index in [0.29, 0.717) is 24.2 Å². The molecule has 3 aliphatic carbocycles. The maximum atomic E-state index is 15.0. The van der Waals surface area contributed by atoms with E-state index in [-0.39, 0.29) is 11.5 Å². The number of anilines is 1. The van der Waals surface area contributed by atoms with Crippen LogP contribution in [0.1, 0.15) is 61.6 Å². The van der Waals surface area contributed by atoms with E-state index < -0.39 is 6.17 Å². The number of ether oxygens (including phenoxy) is 1. The quantitative estimate of drug-likeness (QED) is 0.613. The van der Waals surface area contributed by atoms with Crippen LogP contribution < -0.4 is 10.1 Å². The second kappa shape index (κ2) is 7.59. The first-order chi connectivity index (χ1) is 14.5. The number of hydrogen-bond acceptors (Lipinski definition) is 2. The molecule has 0 aliphatic heterocycles. The molecule has 0 unspecified atom stereocenters. The van der Waals surface area contributed by atoms with Crippen molar-refractivity contribution in [3.8, 4) is 5.75 Å². The van der Waals surface area contributed by atoms with Crippen LogP contribution >= 0.6 is 0 Å². The molecule has 0 saturated heterocycles. The molecule has 2 aromatic carbocycles. The Kier molecular flexibility index (Phi) is 5.03. The first-order valence-electron chi connectivity index (χ1n) is 11.6. The van der Waals surface area contributed by atoms with Crippen molar-refractivity contribution in [2.75, 3.05) is 12.4 Å². The van der Waals surface area contributed by atoms with Gasteiger partial charge in [-0.3, -0.25) is 0 Å². The maximum absolute atomic E-state index is 15.0. The molecule has 3 heteroatoms. The number of hydrogen-bond donors (Lipinski definition) is 1. The Morgan fingerprint density at radius 2 is 1.87 bits per heavy atom. The summed E-state index contributed by atoms with van der Waals surface area (Å²) in [4.78, 5) is 0. The van der Waals surface area contributed by atoms with Gasteiger partial charge in [0.1, 0.15) is 11.9 Å². The lowest BCUT2D eigenvalue weighted by atomic mass is 9.49. The molecule has 6 atom stereocenters. The Bertz CT molecular complexity index is 910. The topological polar surface area (TPSA) is 21.3 Å². The van der Waals surface area contributed by atoms with Gasteiger partial charge >= 0.3 is 0 Å². The van der Waals surface area contributed by atoms with Gasteiger partial charge in [-0.25, -0.2) is 4.39 Å². The van der Waals surface area contributed by atoms with Crippen molar-refractivity contribution in [2.45, 2.75) is 70.5 Å². The summed E-state index contributed by atoms with van der Waals surface area (Å²) >= 11 is 0. The van der Waals surface area contributed by atoms with Crippen molar-refractivity contribution in [3.05, 3.63) is 59.2 Å². The summed E-state index contributed by atoms with van der Waals surface area (Å²) in [6.45, 7) is 4.55. The highest BCUT2D eigenvalue weighted by Crippen LogP contribution is 2.60. The van der Waals surface area contributed by atoms with Crippen molar-refractivity contribution in [3.63, 3.8) is 0 Å². The van der Waals surface area contributed by atoms with Crippen LogP contribution in [-0.4, -0.2) is 19.3 Å². The standard InChI is InChI=1S/C27H34FNO/c1-17-4-7-20(8-5-17)29-26-16-19(28)15-25-24-10-6-18-14-21(30-3)9-11-22(18)23(24)12-13-27(25,26)2/h4-5,7-9,11,14,19,23-26,29H,6,10,12-13,15-16H2,1-3H3/t19-,23+,24+,25-,26-,27-/m0/s1. The Morgan fingerprint density at radius 3 is 2.63 bits per heavy atom. The molecule has 2 aromatic rings. The highest BCUT2D eigenvalue weighted by atomic mass is 19.1. The molecule has 2 nitrogen and oxygen atoms in total. The third-order valence-electron chi connectivity index (χ3n) is 8.56. The van der Waals surface area contributed by atoms with Gasteiger partial charge in [-0.15, -0.1) is 0 Å². The largest absolute Gasteiger partial charge is 0.497 e. The summed E-state index contributed by atoms with van der Waals surface area (Å²) in [7, 11) is 1.74. The smallest absolute Gasteiger partial charge is 0.119 e. The number of halogens is 1. The molecule has 0 aromatic heterocycles. The summed E-state index contributed by atoms with van der Waals surface area (Å²) in [5.41, 5.74) is 5.48. The van der Waals surface area contributed by atoms with Crippen molar-refractivity contribution in [1.82, 2.24) is 0 Å². The molecule has 0 spiro atoms. The van der Waals surface area contributed by atoms with Crippen LogP contribution in [0.5, 0.6) is 5.75 Å². The summed E-state index contributed by atoms with van der Waals surface area (Å²) in [5.74, 6) is 2.56. The molecule has 0 heterocycles. The fraction of sp³-hybridized carbons (Fsp3) is 0.556. The van der Waals surface area contributed by atoms with E-state index in [0.717, 1.165) is 24.3 Å². The van der Waals surface area contributed by atoms with Crippen LogP contribution in [0.25, 0.3) is 0 Å². The van der Waals surface area contributed by atoms with E-state index in [1.54, 1.807) is 7.11 Å². The van der Waals surface area contributed by atoms with Crippen molar-refractivity contribution < 1.29 is 9.13 Å². The molecule has 3 aliphatic rings. The number of aryl methyl sites for hydroxylation is 2. The third kappa shape index (κ3) is 3.31. The van der Waals surface area contributed by atoms with Crippen molar-refractivity contribution in [2.24, 2.45) is 17.3 Å². The van der Waals surface area contributed by atoms with E-state index in [4.69, 9.17) is 4.74 Å². The number of rotatable bonds is 3. The van der Waals surface area contributed by atoms with Gasteiger partial charge in [0, 0.05) is 11.7 Å². The molecule has 2 saturated carbocycles. The van der Waals surface area contributed by atoms with Crippen molar-refractivity contribution >= 4 is 5.69 Å². The summed E-state index contributed by atoms with van der Waals surface area (Å²) in [5, 5.41) is 3.75. The Morgan fingerprint density at radius 1 is 1.07 bits per heavy atom. The zero-order chi connectivity index (χ0) is 20.9. The van der Waals surface area contributed by atoms with E-state index >= 15 is 4.39 Å². The third-order valence-corrected chi connectivity index (χ3v) is 8.56. The maximum Gasteiger partial charge on any atom is 0.119 e. The van der Waals surface area contributed by atoms with Gasteiger partial charge in [-0.05, 0) is 104 Å². The van der Waals surface area contributed by atoms with Gasteiger partial charge in [0.25, 0.3) is 0 Å². The molecule has 0 bridgehead atoms. The second-order valence-corrected chi connectivity index (χ2v) is 10.2. The highest BCUT2D eigenvalue weighted by Gasteiger charge is 2.54. The molecule has 30 heavy (non-hydrogen) atoms. The monoisotopic (exact) mass is 407 g/mol. The molecular weight excluding hydrogens is 373 g/mol. The van der Waals surface area contributed by atoms with E-state index in [1.807, 2.05) is 0 Å². The van der Waals surface area contributed by atoms with Gasteiger partial charge in [0.2, 0.25) is 0 Å². The molecule has 2 fully saturated rings. The second-order valence-electron chi connectivity index (χ2n) is 10.2. The van der Waals surface area contributed by atoms with Crippen LogP contribution in [0.15, 0.2) is 42.5 Å². The number of nitrogens with one attached hydrogen (secondary N) is 1. The average molecular weight is 408 g/mol. The normalized spacial score (nSPS) is 35.0. The molecule has 1 N–H and O–H groups in total. The zero-order valence-corrected chi connectivity index (χ0v) is 18.5. The van der Waals surface area contributed by atoms with Crippen molar-refractivity contribution in [1.29, 1.82) is 0 Å². The van der Waals surface area contributed by atoms with Crippen LogP contribution in [0.4, 0.5) is 10.1 Å². The number of methoxy groups -OCH3 is 1. The van der Waals surface area contributed by atoms with E-state index in [1.165, 1.54) is 36.0 Å². The summed E-state index contributed by atoms with van der Waals surface area (Å²) < 4.78 is 20.5. The van der Waals surface area contributed by atoms with Crippen LogP contribution in [0.3, 0.4) is 0 Å². The minimum atomic E-state index is -0.706. The fourth-order valence-corrected chi connectivity index (χ4v) is 6.88. The lowest BCUT2D eigenvalue weighted by molar-refractivity contribution is -0.0400. The lowest BCUT2D eigenvalue weighted by Crippen LogP contribution is -2.55. The lowest BCUT2D eigenvalue weighted by Gasteiger charge is -2.58. The predicted octanol–water partition coefficient (Wildman–Crippen LogP) is 6.68. The minimum absolute atomic E-state index is 0.151. The first-order valence-corrected chi connectivity index (χ1v) is 11.6. The molecular formula is C27H34FNO. The number of fused-ring (bicyclic) bond motifs is 5.